The summed E-state index contributed by atoms with van der Waals surface area (Å²) < 4.78 is 0. The number of benzene rings is 2. The van der Waals surface area contributed by atoms with Crippen LogP contribution in [-0.4, -0.2) is 34.9 Å². The van der Waals surface area contributed by atoms with Gasteiger partial charge in [-0.05, 0) is 49.2 Å². The van der Waals surface area contributed by atoms with E-state index in [1.54, 1.807) is 29.2 Å². The van der Waals surface area contributed by atoms with Gasteiger partial charge in [0.2, 0.25) is 0 Å². The fraction of sp³-hybridized carbons (Fsp3) is 0.300. The number of nitrogens with one attached hydrogen (secondary N) is 1. The molecule has 2 aromatic rings. The topological polar surface area (TPSA) is 69.6 Å². The van der Waals surface area contributed by atoms with E-state index in [0.29, 0.717) is 30.8 Å². The van der Waals surface area contributed by atoms with Gasteiger partial charge < -0.3 is 15.3 Å². The van der Waals surface area contributed by atoms with E-state index in [1.165, 1.54) is 0 Å². The predicted octanol–water partition coefficient (Wildman–Crippen LogP) is 2.59. The molecule has 0 saturated heterocycles. The van der Waals surface area contributed by atoms with Gasteiger partial charge in [-0.3, -0.25) is 9.59 Å². The summed E-state index contributed by atoms with van der Waals surface area (Å²) in [5.41, 5.74) is 2.75. The molecule has 0 saturated carbocycles. The average Bonchev–Trinajstić information content (AvgIpc) is 2.67. The van der Waals surface area contributed by atoms with Crippen molar-refractivity contribution < 1.29 is 14.7 Å². The molecule has 25 heavy (non-hydrogen) atoms. The molecule has 0 unspecified atom stereocenters. The molecule has 0 heterocycles. The monoisotopic (exact) mass is 340 g/mol. The first-order valence-electron chi connectivity index (χ1n) is 8.45. The molecule has 5 nitrogen and oxygen atoms in total. The van der Waals surface area contributed by atoms with Crippen molar-refractivity contribution in [1.29, 1.82) is 0 Å². The number of aliphatic hydroxyl groups excluding tert-OH is 1. The zero-order valence-corrected chi connectivity index (χ0v) is 14.7. The number of hydrogen-bond acceptors (Lipinski definition) is 3. The molecule has 0 spiro atoms. The highest BCUT2D eigenvalue weighted by molar-refractivity contribution is 5.97. The zero-order chi connectivity index (χ0) is 18.2. The van der Waals surface area contributed by atoms with E-state index in [2.05, 4.69) is 5.32 Å². The summed E-state index contributed by atoms with van der Waals surface area (Å²) in [5, 5.41) is 12.2. The fourth-order valence-electron chi connectivity index (χ4n) is 2.62. The Kier molecular flexibility index (Phi) is 6.71. The molecule has 0 bridgehead atoms. The van der Waals surface area contributed by atoms with Crippen LogP contribution >= 0.6 is 0 Å². The van der Waals surface area contributed by atoms with Crippen LogP contribution in [0.4, 0.5) is 0 Å². The highest BCUT2D eigenvalue weighted by atomic mass is 16.3. The van der Waals surface area contributed by atoms with Crippen molar-refractivity contribution in [2.75, 3.05) is 13.1 Å². The minimum Gasteiger partial charge on any atom is -0.392 e. The molecule has 5 heteroatoms. The minimum absolute atomic E-state index is 0.0335. The van der Waals surface area contributed by atoms with Gasteiger partial charge >= 0.3 is 0 Å². The Balaban J connectivity index is 2.02. The smallest absolute Gasteiger partial charge is 0.253 e. The second-order valence-corrected chi connectivity index (χ2v) is 5.66. The van der Waals surface area contributed by atoms with E-state index in [0.717, 1.165) is 11.1 Å². The Morgan fingerprint density at radius 3 is 2.04 bits per heavy atom. The molecule has 2 aromatic carbocycles. The summed E-state index contributed by atoms with van der Waals surface area (Å²) in [4.78, 5) is 26.3. The maximum absolute atomic E-state index is 12.3. The van der Waals surface area contributed by atoms with Crippen LogP contribution in [-0.2, 0) is 13.2 Å². The lowest BCUT2D eigenvalue weighted by Crippen LogP contribution is -2.30. The summed E-state index contributed by atoms with van der Waals surface area (Å²) in [6.45, 7) is 5.47. The van der Waals surface area contributed by atoms with E-state index in [1.807, 2.05) is 38.1 Å². The molecule has 2 amide bonds. The number of rotatable bonds is 7. The van der Waals surface area contributed by atoms with Crippen LogP contribution in [0.1, 0.15) is 45.7 Å². The van der Waals surface area contributed by atoms with Gasteiger partial charge in [0.25, 0.3) is 11.8 Å². The van der Waals surface area contributed by atoms with Crippen molar-refractivity contribution in [3.8, 4) is 0 Å². The SMILES string of the molecule is CCN(CC)C(=O)c1ccc(C(=O)NCc2ccccc2CO)cc1. The number of carbonyl (C=O) groups is 2. The molecular weight excluding hydrogens is 316 g/mol. The van der Waals surface area contributed by atoms with Crippen molar-refractivity contribution in [3.05, 3.63) is 70.8 Å². The van der Waals surface area contributed by atoms with Crippen LogP contribution in [0.15, 0.2) is 48.5 Å². The number of nitrogens with zero attached hydrogens (tertiary/aromatic N) is 1. The van der Waals surface area contributed by atoms with Gasteiger partial charge in [0, 0.05) is 30.8 Å². The first kappa shape index (κ1) is 18.7. The lowest BCUT2D eigenvalue weighted by atomic mass is 10.1. The molecule has 0 radical (unpaired) electrons. The molecule has 0 aliphatic rings. The lowest BCUT2D eigenvalue weighted by Gasteiger charge is -2.18. The molecule has 2 N–H and O–H groups in total. The third-order valence-corrected chi connectivity index (χ3v) is 4.17. The summed E-state index contributed by atoms with van der Waals surface area (Å²) in [6, 6.07) is 14.1. The molecule has 0 aromatic heterocycles. The van der Waals surface area contributed by atoms with Crippen LogP contribution in [0.5, 0.6) is 0 Å². The number of aliphatic hydroxyl groups is 1. The average molecular weight is 340 g/mol. The van der Waals surface area contributed by atoms with Crippen LogP contribution in [0.3, 0.4) is 0 Å². The van der Waals surface area contributed by atoms with E-state index >= 15 is 0 Å². The van der Waals surface area contributed by atoms with Gasteiger partial charge in [-0.15, -0.1) is 0 Å². The van der Waals surface area contributed by atoms with Crippen molar-refractivity contribution in [1.82, 2.24) is 10.2 Å². The molecule has 0 aliphatic carbocycles. The van der Waals surface area contributed by atoms with Gasteiger partial charge in [0.1, 0.15) is 0 Å². The minimum atomic E-state index is -0.213. The molecule has 132 valence electrons. The van der Waals surface area contributed by atoms with E-state index < -0.39 is 0 Å². The highest BCUT2D eigenvalue weighted by Crippen LogP contribution is 2.10. The molecule has 2 rings (SSSR count). The van der Waals surface area contributed by atoms with E-state index in [-0.39, 0.29) is 18.4 Å². The summed E-state index contributed by atoms with van der Waals surface area (Å²) in [7, 11) is 0. The first-order chi connectivity index (χ1) is 12.1. The van der Waals surface area contributed by atoms with Gasteiger partial charge in [0.15, 0.2) is 0 Å². The quantitative estimate of drug-likeness (QED) is 0.814. The third-order valence-electron chi connectivity index (χ3n) is 4.17. The standard InChI is InChI=1S/C20H24N2O3/c1-3-22(4-2)20(25)16-11-9-15(10-12-16)19(24)21-13-17-7-5-6-8-18(17)14-23/h5-12,23H,3-4,13-14H2,1-2H3,(H,21,24). The Morgan fingerprint density at radius 2 is 1.48 bits per heavy atom. The summed E-state index contributed by atoms with van der Waals surface area (Å²) in [5.74, 6) is -0.247. The summed E-state index contributed by atoms with van der Waals surface area (Å²) in [6.07, 6.45) is 0. The van der Waals surface area contributed by atoms with E-state index in [9.17, 15) is 14.7 Å². The van der Waals surface area contributed by atoms with Crippen LogP contribution in [0, 0.1) is 0 Å². The van der Waals surface area contributed by atoms with Crippen molar-refractivity contribution in [2.45, 2.75) is 27.0 Å². The fourth-order valence-corrected chi connectivity index (χ4v) is 2.62. The van der Waals surface area contributed by atoms with Crippen molar-refractivity contribution >= 4 is 11.8 Å². The Morgan fingerprint density at radius 1 is 0.920 bits per heavy atom. The van der Waals surface area contributed by atoms with Gasteiger partial charge in [0.05, 0.1) is 6.61 Å². The van der Waals surface area contributed by atoms with Gasteiger partial charge in [-0.2, -0.15) is 0 Å². The number of amides is 2. The third kappa shape index (κ3) is 4.67. The highest BCUT2D eigenvalue weighted by Gasteiger charge is 2.13. The largest absolute Gasteiger partial charge is 0.392 e. The lowest BCUT2D eigenvalue weighted by molar-refractivity contribution is 0.0772. The first-order valence-corrected chi connectivity index (χ1v) is 8.45. The zero-order valence-electron chi connectivity index (χ0n) is 14.7. The van der Waals surface area contributed by atoms with Crippen LogP contribution in [0.25, 0.3) is 0 Å². The van der Waals surface area contributed by atoms with Gasteiger partial charge in [-0.1, -0.05) is 24.3 Å². The van der Waals surface area contributed by atoms with Gasteiger partial charge in [-0.25, -0.2) is 0 Å². The maximum Gasteiger partial charge on any atom is 0.253 e. The Labute approximate surface area is 148 Å². The van der Waals surface area contributed by atoms with Crippen molar-refractivity contribution in [3.63, 3.8) is 0 Å². The molecule has 0 atom stereocenters. The second-order valence-electron chi connectivity index (χ2n) is 5.66. The van der Waals surface area contributed by atoms with Crippen LogP contribution < -0.4 is 5.32 Å². The Bertz CT molecular complexity index is 722. The van der Waals surface area contributed by atoms with E-state index in [4.69, 9.17) is 0 Å². The maximum atomic E-state index is 12.3. The van der Waals surface area contributed by atoms with Crippen LogP contribution in [0.2, 0.25) is 0 Å². The normalized spacial score (nSPS) is 10.4. The number of hydrogen-bond donors (Lipinski definition) is 2. The Hall–Kier alpha value is -2.66. The molecule has 0 fully saturated rings. The predicted molar refractivity (Wildman–Crippen MR) is 97.2 cm³/mol. The number of carbonyl (C=O) groups excluding carboxylic acids is 2. The second kappa shape index (κ2) is 8.99. The summed E-state index contributed by atoms with van der Waals surface area (Å²) >= 11 is 0. The molecular formula is C20H24N2O3. The van der Waals surface area contributed by atoms with Crippen molar-refractivity contribution in [2.24, 2.45) is 0 Å². The molecule has 0 aliphatic heterocycles.